The zero-order valence-electron chi connectivity index (χ0n) is 43.6. The number of hydrogen-bond acceptors (Lipinski definition) is 32. The number of phosphoric ester groups is 1. The second-order valence-corrected chi connectivity index (χ2v) is 21.0. The molecule has 1 aliphatic carbocycles. The van der Waals surface area contributed by atoms with Crippen LogP contribution in [0.1, 0.15) is 33.6 Å². The normalized spacial score (nSPS) is 41.5. The zero-order chi connectivity index (χ0) is 61.8. The van der Waals surface area contributed by atoms with Crippen LogP contribution >= 0.6 is 7.82 Å². The average Bonchev–Trinajstić information content (AvgIpc) is 3.59. The molecule has 39 nitrogen and oxygen atoms in total. The quantitative estimate of drug-likeness (QED) is 0.0448. The minimum atomic E-state index is -5.77. The second kappa shape index (κ2) is 28.1. The van der Waals surface area contributed by atoms with Gasteiger partial charge in [0.25, 0.3) is 5.91 Å². The summed E-state index contributed by atoms with van der Waals surface area (Å²) in [5, 5.41) is 145. The highest BCUT2D eigenvalue weighted by molar-refractivity contribution is 7.47. The van der Waals surface area contributed by atoms with Crippen LogP contribution in [0.4, 0.5) is 4.79 Å². The lowest BCUT2D eigenvalue weighted by molar-refractivity contribution is -0.371. The number of aliphatic hydroxyl groups is 12. The number of ketones is 1. The van der Waals surface area contributed by atoms with Gasteiger partial charge in [-0.05, 0) is 6.92 Å². The van der Waals surface area contributed by atoms with Crippen molar-refractivity contribution < 1.29 is 166 Å². The van der Waals surface area contributed by atoms with Gasteiger partial charge >= 0.3 is 19.9 Å². The number of aliphatic hydroxyl groups excluding tert-OH is 12. The Hall–Kier alpha value is -4.86. The number of ether oxygens (including phenoxy) is 10. The van der Waals surface area contributed by atoms with Crippen LogP contribution in [-0.4, -0.2) is 292 Å². The van der Waals surface area contributed by atoms with Crippen LogP contribution in [0.3, 0.4) is 0 Å². The first kappa shape index (κ1) is 67.3. The summed E-state index contributed by atoms with van der Waals surface area (Å²) in [6.45, 7) is -0.469. The fourth-order valence-corrected chi connectivity index (χ4v) is 10.2. The highest BCUT2D eigenvalue weighted by Gasteiger charge is 2.59. The number of aliphatic carboxylic acids is 1. The molecule has 5 aliphatic heterocycles. The number of Topliss-reactive ketones (excluding diaryl/α,β-unsaturated/α-hetero) is 1. The molecule has 5 fully saturated rings. The van der Waals surface area contributed by atoms with Crippen LogP contribution in [0, 0.1) is 0 Å². The molecule has 5 heterocycles. The summed E-state index contributed by atoms with van der Waals surface area (Å²) in [6.07, 6.45) is -53.7. The van der Waals surface area contributed by atoms with E-state index in [4.69, 9.17) is 68.5 Å². The highest BCUT2D eigenvalue weighted by Crippen LogP contribution is 2.48. The Balaban J connectivity index is 1.35. The molecule has 27 atom stereocenters. The Morgan fingerprint density at radius 3 is 1.76 bits per heavy atom. The largest absolute Gasteiger partial charge is 0.510 e. The van der Waals surface area contributed by atoms with Gasteiger partial charge in [-0.15, -0.1) is 0 Å². The lowest BCUT2D eigenvalue weighted by Gasteiger charge is -2.50. The van der Waals surface area contributed by atoms with Gasteiger partial charge < -0.3 is 146 Å². The fraction of sp³-hybridized carbons (Fsp3) is 0.791. The Bertz CT molecular complexity index is 2430. The van der Waals surface area contributed by atoms with Crippen molar-refractivity contribution in [3.05, 3.63) is 11.5 Å². The van der Waals surface area contributed by atoms with Gasteiger partial charge in [-0.1, -0.05) is 0 Å². The molecule has 6 rings (SSSR count). The van der Waals surface area contributed by atoms with Crippen LogP contribution in [-0.2, 0) is 89.7 Å². The minimum Gasteiger partial charge on any atom is -0.510 e. The Labute approximate surface area is 466 Å². The third kappa shape index (κ3) is 15.8. The Kier molecular flexibility index (Phi) is 22.8. The number of nitrogens with two attached hydrogens (primary N) is 2. The lowest BCUT2D eigenvalue weighted by Crippen LogP contribution is -2.71. The van der Waals surface area contributed by atoms with Gasteiger partial charge in [0.15, 0.2) is 67.8 Å². The van der Waals surface area contributed by atoms with Crippen molar-refractivity contribution in [1.82, 2.24) is 16.0 Å². The van der Waals surface area contributed by atoms with Crippen molar-refractivity contribution in [2.45, 2.75) is 193 Å². The molecule has 0 aromatic carbocycles. The monoisotopic (exact) mass is 1230 g/mol. The number of nitrogens with one attached hydrogen (secondary N) is 3. The summed E-state index contributed by atoms with van der Waals surface area (Å²) in [4.78, 5) is 97.9. The van der Waals surface area contributed by atoms with Crippen LogP contribution in [0.25, 0.3) is 0 Å². The highest BCUT2D eigenvalue weighted by atomic mass is 31.2. The Morgan fingerprint density at radius 1 is 0.663 bits per heavy atom. The summed E-state index contributed by atoms with van der Waals surface area (Å²) in [5.74, 6) is -7.94. The van der Waals surface area contributed by atoms with Gasteiger partial charge in [-0.3, -0.25) is 33.0 Å². The maximum absolute atomic E-state index is 13.3. The van der Waals surface area contributed by atoms with E-state index in [-0.39, 0.29) is 12.8 Å². The van der Waals surface area contributed by atoms with Crippen molar-refractivity contribution >= 4 is 49.3 Å². The number of carbonyl (C=O) groups excluding carboxylic acids is 6. The predicted molar refractivity (Wildman–Crippen MR) is 252 cm³/mol. The average molecular weight is 1230 g/mol. The number of carboxylic acid groups (broad SMARTS) is 1. The standard InChI is InChI=1S/C43H66N5O34P/c1-9-29(76-41-27(62)24(59)25(60)33(79-41)36(65)48-17-12(52)4-5-13(17)53)21(56)18(46-10(2)50)38(73-9)77-30-16(8-71-40-26(61)23(58)20(55)15(6-49)74-40)75-39(19(22(30)57)47-11(3)51)80-34-31(81-43(45)68)28(63)32(35(44)64)78-42(34)82-83(69,70)72-7-14(54)37(66)67/h9,14-16,18-34,38-42,49,52,54-63H,4-8H2,1-3H3,(H2,44,64)(H2,45,68)(H,46,50)(H,47,51)(H,48,65)(H,66,67)(H,69,70). The Morgan fingerprint density at radius 2 is 1.20 bits per heavy atom. The molecule has 0 bridgehead atoms. The molecule has 0 aromatic rings. The van der Waals surface area contributed by atoms with Crippen LogP contribution in [0.2, 0.25) is 0 Å². The van der Waals surface area contributed by atoms with Gasteiger partial charge in [0, 0.05) is 26.7 Å². The van der Waals surface area contributed by atoms with Crippen LogP contribution in [0.15, 0.2) is 11.5 Å². The van der Waals surface area contributed by atoms with Gasteiger partial charge in [-0.2, -0.15) is 0 Å². The van der Waals surface area contributed by atoms with E-state index < -0.39 is 240 Å². The van der Waals surface area contributed by atoms with Crippen molar-refractivity contribution in [3.8, 4) is 0 Å². The molecule has 0 saturated carbocycles. The summed E-state index contributed by atoms with van der Waals surface area (Å²) in [5.41, 5.74) is 10.1. The van der Waals surface area contributed by atoms with E-state index in [2.05, 4.69) is 20.5 Å². The molecule has 0 radical (unpaired) electrons. The van der Waals surface area contributed by atoms with E-state index in [0.29, 0.717) is 0 Å². The molecule has 21 N–H and O–H groups in total. The summed E-state index contributed by atoms with van der Waals surface area (Å²) in [6, 6.07) is -3.97. The molecular weight excluding hydrogens is 1160 g/mol. The van der Waals surface area contributed by atoms with Crippen LogP contribution in [0.5, 0.6) is 0 Å². The van der Waals surface area contributed by atoms with Crippen molar-refractivity contribution in [3.63, 3.8) is 0 Å². The summed E-state index contributed by atoms with van der Waals surface area (Å²) >= 11 is 0. The first-order valence-corrected chi connectivity index (χ1v) is 26.5. The molecule has 83 heavy (non-hydrogen) atoms. The summed E-state index contributed by atoms with van der Waals surface area (Å²) < 4.78 is 80.0. The number of hydrogen-bond donors (Lipinski definition) is 19. The minimum absolute atomic E-state index is 0.125. The van der Waals surface area contributed by atoms with E-state index in [1.807, 2.05) is 0 Å². The lowest BCUT2D eigenvalue weighted by atomic mass is 9.93. The number of carbonyl (C=O) groups is 7. The molecule has 6 aliphatic rings. The topological polar surface area (TPSA) is 619 Å². The maximum Gasteiger partial charge on any atom is 0.474 e. The zero-order valence-corrected chi connectivity index (χ0v) is 44.5. The molecular formula is C43H66N5O34P. The van der Waals surface area contributed by atoms with E-state index >= 15 is 0 Å². The third-order valence-electron chi connectivity index (χ3n) is 13.6. The van der Waals surface area contributed by atoms with Crippen molar-refractivity contribution in [2.75, 3.05) is 19.8 Å². The second-order valence-electron chi connectivity index (χ2n) is 19.6. The molecule has 27 unspecified atom stereocenters. The smallest absolute Gasteiger partial charge is 0.474 e. The number of rotatable bonds is 22. The molecule has 5 saturated heterocycles. The van der Waals surface area contributed by atoms with E-state index in [9.17, 15) is 104 Å². The molecule has 5 amide bonds. The SMILES string of the molecule is CC(=O)NC1C(OC2C(COC3OC(CO)C(O)C(O)C3O)OC(OC3C(OP(=O)(O)OCC(O)C(=O)O)OC(C(N)=O)C(O)C3OC(N)=O)C(NC(C)=O)C2O)OC(C)C(OC2OC(C(=O)NC3=C(O)CCC3=O)C(O)C(O)C2O)C1O. The number of phosphoric acid groups is 1. The van der Waals surface area contributed by atoms with Crippen LogP contribution < -0.4 is 27.4 Å². The molecule has 0 aromatic heterocycles. The number of primary amides is 2. The first-order valence-electron chi connectivity index (χ1n) is 25.0. The van der Waals surface area contributed by atoms with Gasteiger partial charge in [0.05, 0.1) is 25.9 Å². The van der Waals surface area contributed by atoms with Gasteiger partial charge in [-0.25, -0.2) is 14.2 Å². The number of allylic oxidation sites excluding steroid dienone is 2. The number of amides is 5. The van der Waals surface area contributed by atoms with Gasteiger partial charge in [0.1, 0.15) is 103 Å². The predicted octanol–water partition coefficient (Wildman–Crippen LogP) is -11.2. The van der Waals surface area contributed by atoms with E-state index in [0.717, 1.165) is 13.8 Å². The van der Waals surface area contributed by atoms with E-state index in [1.165, 1.54) is 6.92 Å². The molecule has 0 spiro atoms. The van der Waals surface area contributed by atoms with E-state index in [1.54, 1.807) is 0 Å². The number of carboxylic acids is 1. The summed E-state index contributed by atoms with van der Waals surface area (Å²) in [7, 11) is -5.77. The molecule has 472 valence electrons. The van der Waals surface area contributed by atoms with Gasteiger partial charge in [0.2, 0.25) is 17.7 Å². The first-order chi connectivity index (χ1) is 38.8. The van der Waals surface area contributed by atoms with Crippen molar-refractivity contribution in [2.24, 2.45) is 11.5 Å². The third-order valence-corrected chi connectivity index (χ3v) is 14.5. The molecule has 40 heteroatoms. The van der Waals surface area contributed by atoms with Crippen molar-refractivity contribution in [1.29, 1.82) is 0 Å². The maximum atomic E-state index is 13.3. The fourth-order valence-electron chi connectivity index (χ4n) is 9.41.